The molecule has 3 N–H and O–H groups in total. The first-order valence-electron chi connectivity index (χ1n) is 8.94. The smallest absolute Gasteiger partial charge is 0.323 e. The Hall–Kier alpha value is -2.93. The first-order valence-corrected chi connectivity index (χ1v) is 8.94. The van der Waals surface area contributed by atoms with Crippen molar-refractivity contribution in [3.63, 3.8) is 0 Å². The van der Waals surface area contributed by atoms with E-state index < -0.39 is 5.60 Å². The van der Waals surface area contributed by atoms with Gasteiger partial charge in [0, 0.05) is 18.5 Å². The predicted octanol–water partition coefficient (Wildman–Crippen LogP) is 3.53. The minimum atomic E-state index is -1.05. The van der Waals surface area contributed by atoms with Crippen LogP contribution in [0.4, 0.5) is 15.0 Å². The number of aryl methyl sites for hydroxylation is 1. The van der Waals surface area contributed by atoms with Crippen LogP contribution in [0.1, 0.15) is 24.0 Å². The van der Waals surface area contributed by atoms with Crippen LogP contribution < -0.4 is 5.32 Å². The van der Waals surface area contributed by atoms with Crippen molar-refractivity contribution in [1.82, 2.24) is 15.1 Å². The Morgan fingerprint density at radius 1 is 1.26 bits per heavy atom. The highest BCUT2D eigenvalue weighted by Crippen LogP contribution is 2.34. The Morgan fingerprint density at radius 2 is 2.00 bits per heavy atom. The molecule has 2 amide bonds. The zero-order chi connectivity index (χ0) is 19.0. The SMILES string of the molecule is Cc1cc(C2(O)CCN(C(=O)Nc3n[nH]c4ccccc34)CC2)ccc1F. The zero-order valence-electron chi connectivity index (χ0n) is 15.0. The number of H-pyrrole nitrogens is 1. The number of carbonyl (C=O) groups is 1. The number of benzene rings is 2. The average molecular weight is 368 g/mol. The quantitative estimate of drug-likeness (QED) is 0.647. The lowest BCUT2D eigenvalue weighted by Crippen LogP contribution is -2.46. The van der Waals surface area contributed by atoms with E-state index in [1.807, 2.05) is 24.3 Å². The number of rotatable bonds is 2. The predicted molar refractivity (Wildman–Crippen MR) is 101 cm³/mol. The third-order valence-corrected chi connectivity index (χ3v) is 5.27. The number of para-hydroxylation sites is 1. The van der Waals surface area contributed by atoms with Crippen LogP contribution >= 0.6 is 0 Å². The van der Waals surface area contributed by atoms with Crippen molar-refractivity contribution in [3.8, 4) is 0 Å². The van der Waals surface area contributed by atoms with Gasteiger partial charge in [0.05, 0.1) is 11.1 Å². The van der Waals surface area contributed by atoms with Crippen LogP contribution in [0.15, 0.2) is 42.5 Å². The number of urea groups is 1. The largest absolute Gasteiger partial charge is 0.385 e. The topological polar surface area (TPSA) is 81.2 Å². The summed E-state index contributed by atoms with van der Waals surface area (Å²) in [6.07, 6.45) is 0.791. The van der Waals surface area contributed by atoms with E-state index in [2.05, 4.69) is 15.5 Å². The monoisotopic (exact) mass is 368 g/mol. The van der Waals surface area contributed by atoms with Gasteiger partial charge in [0.1, 0.15) is 5.82 Å². The Bertz CT molecular complexity index is 993. The Morgan fingerprint density at radius 3 is 2.74 bits per heavy atom. The summed E-state index contributed by atoms with van der Waals surface area (Å²) in [5.41, 5.74) is 1.01. The standard InChI is InChI=1S/C20H21FN4O2/c1-13-12-14(6-7-16(13)21)20(27)8-10-25(11-9-20)19(26)22-18-15-4-2-3-5-17(15)23-24-18/h2-7,12,27H,8-11H2,1H3,(H2,22,23,24,26). The number of nitrogens with one attached hydrogen (secondary N) is 2. The lowest BCUT2D eigenvalue weighted by molar-refractivity contribution is -0.0157. The molecule has 0 bridgehead atoms. The molecule has 0 saturated carbocycles. The summed E-state index contributed by atoms with van der Waals surface area (Å²) in [6, 6.07) is 12.0. The lowest BCUT2D eigenvalue weighted by atomic mass is 9.84. The van der Waals surface area contributed by atoms with Gasteiger partial charge in [-0.25, -0.2) is 9.18 Å². The van der Waals surface area contributed by atoms with E-state index >= 15 is 0 Å². The van der Waals surface area contributed by atoms with Crippen LogP contribution in [-0.2, 0) is 5.60 Å². The molecule has 1 saturated heterocycles. The van der Waals surface area contributed by atoms with Gasteiger partial charge in [-0.1, -0.05) is 24.3 Å². The van der Waals surface area contributed by atoms with Gasteiger partial charge in [0.2, 0.25) is 0 Å². The van der Waals surface area contributed by atoms with Crippen molar-refractivity contribution in [2.75, 3.05) is 18.4 Å². The minimum Gasteiger partial charge on any atom is -0.385 e. The maximum Gasteiger partial charge on any atom is 0.323 e. The number of anilines is 1. The third kappa shape index (κ3) is 3.26. The van der Waals surface area contributed by atoms with E-state index in [1.54, 1.807) is 24.0 Å². The van der Waals surface area contributed by atoms with Crippen molar-refractivity contribution < 1.29 is 14.3 Å². The van der Waals surface area contributed by atoms with Crippen LogP contribution in [0.3, 0.4) is 0 Å². The highest BCUT2D eigenvalue weighted by Gasteiger charge is 2.35. The van der Waals surface area contributed by atoms with Gasteiger partial charge in [-0.05, 0) is 49.1 Å². The van der Waals surface area contributed by atoms with Crippen molar-refractivity contribution in [2.24, 2.45) is 0 Å². The molecular formula is C20H21FN4O2. The number of amides is 2. The molecule has 6 nitrogen and oxygen atoms in total. The zero-order valence-corrected chi connectivity index (χ0v) is 15.0. The minimum absolute atomic E-state index is 0.246. The summed E-state index contributed by atoms with van der Waals surface area (Å²) >= 11 is 0. The van der Waals surface area contributed by atoms with Crippen LogP contribution in [0.5, 0.6) is 0 Å². The molecule has 1 aliphatic heterocycles. The van der Waals surface area contributed by atoms with E-state index in [0.717, 1.165) is 10.9 Å². The molecule has 0 unspecified atom stereocenters. The highest BCUT2D eigenvalue weighted by molar-refractivity contribution is 5.98. The Labute approximate surface area is 156 Å². The Kier molecular flexibility index (Phi) is 4.31. The average Bonchev–Trinajstić information content (AvgIpc) is 3.07. The Balaban J connectivity index is 1.44. The fourth-order valence-corrected chi connectivity index (χ4v) is 3.54. The third-order valence-electron chi connectivity index (χ3n) is 5.27. The summed E-state index contributed by atoms with van der Waals surface area (Å²) in [6.45, 7) is 2.49. The first-order chi connectivity index (χ1) is 13.0. The normalized spacial score (nSPS) is 16.5. The molecular weight excluding hydrogens is 347 g/mol. The van der Waals surface area contributed by atoms with Gasteiger partial charge in [0.25, 0.3) is 0 Å². The van der Waals surface area contributed by atoms with Crippen molar-refractivity contribution >= 4 is 22.8 Å². The number of nitrogens with zero attached hydrogens (tertiary/aromatic N) is 2. The van der Waals surface area contributed by atoms with E-state index in [4.69, 9.17) is 0 Å². The lowest BCUT2D eigenvalue weighted by Gasteiger charge is -2.38. The number of piperidine rings is 1. The van der Waals surface area contributed by atoms with Gasteiger partial charge >= 0.3 is 6.03 Å². The summed E-state index contributed by atoms with van der Waals surface area (Å²) in [7, 11) is 0. The summed E-state index contributed by atoms with van der Waals surface area (Å²) in [5.74, 6) is 0.205. The molecule has 0 atom stereocenters. The van der Waals surface area contributed by atoms with Gasteiger partial charge in [-0.15, -0.1) is 0 Å². The van der Waals surface area contributed by atoms with Gasteiger partial charge < -0.3 is 10.0 Å². The van der Waals surface area contributed by atoms with Gasteiger partial charge in [-0.3, -0.25) is 10.4 Å². The fraction of sp³-hybridized carbons (Fsp3) is 0.300. The molecule has 1 aliphatic rings. The second kappa shape index (κ2) is 6.66. The molecule has 140 valence electrons. The number of halogens is 1. The molecule has 1 fully saturated rings. The summed E-state index contributed by atoms with van der Waals surface area (Å²) in [5, 5.41) is 21.7. The van der Waals surface area contributed by atoms with Crippen LogP contribution in [-0.4, -0.2) is 39.3 Å². The summed E-state index contributed by atoms with van der Waals surface area (Å²) < 4.78 is 13.5. The number of aromatic nitrogens is 2. The molecule has 0 aliphatic carbocycles. The number of aromatic amines is 1. The maximum atomic E-state index is 13.5. The van der Waals surface area contributed by atoms with E-state index in [-0.39, 0.29) is 11.8 Å². The number of fused-ring (bicyclic) bond motifs is 1. The van der Waals surface area contributed by atoms with Crippen LogP contribution in [0.2, 0.25) is 0 Å². The molecule has 1 aromatic heterocycles. The first kappa shape index (κ1) is 17.5. The number of hydrogen-bond acceptors (Lipinski definition) is 3. The molecule has 2 heterocycles. The second-order valence-corrected chi connectivity index (χ2v) is 7.03. The summed E-state index contributed by atoms with van der Waals surface area (Å²) in [4.78, 5) is 14.2. The molecule has 2 aromatic carbocycles. The van der Waals surface area contributed by atoms with Gasteiger partial charge in [-0.2, -0.15) is 5.10 Å². The number of hydrogen-bond donors (Lipinski definition) is 3. The van der Waals surface area contributed by atoms with Crippen molar-refractivity contribution in [3.05, 3.63) is 59.4 Å². The molecule has 4 rings (SSSR count). The highest BCUT2D eigenvalue weighted by atomic mass is 19.1. The van der Waals surface area contributed by atoms with E-state index in [0.29, 0.717) is 42.9 Å². The molecule has 0 spiro atoms. The fourth-order valence-electron chi connectivity index (χ4n) is 3.54. The van der Waals surface area contributed by atoms with Gasteiger partial charge in [0.15, 0.2) is 5.82 Å². The van der Waals surface area contributed by atoms with Crippen molar-refractivity contribution in [1.29, 1.82) is 0 Å². The number of carbonyl (C=O) groups excluding carboxylic acids is 1. The van der Waals surface area contributed by atoms with E-state index in [1.165, 1.54) is 6.07 Å². The molecule has 27 heavy (non-hydrogen) atoms. The van der Waals surface area contributed by atoms with Crippen LogP contribution in [0.25, 0.3) is 10.9 Å². The maximum absolute atomic E-state index is 13.5. The molecule has 3 aromatic rings. The molecule has 0 radical (unpaired) electrons. The number of aliphatic hydroxyl groups is 1. The number of likely N-dealkylation sites (tertiary alicyclic amines) is 1. The second-order valence-electron chi connectivity index (χ2n) is 7.03. The molecule has 7 heteroatoms. The van der Waals surface area contributed by atoms with E-state index in [9.17, 15) is 14.3 Å². The van der Waals surface area contributed by atoms with Crippen molar-refractivity contribution in [2.45, 2.75) is 25.4 Å². The van der Waals surface area contributed by atoms with Crippen LogP contribution in [0, 0.1) is 12.7 Å².